The zero-order valence-corrected chi connectivity index (χ0v) is 12.7. The van der Waals surface area contributed by atoms with Gasteiger partial charge in [0.2, 0.25) is 0 Å². The molecule has 0 bridgehead atoms. The number of nitro groups is 1. The summed E-state index contributed by atoms with van der Waals surface area (Å²) < 4.78 is 0. The number of carbonyl (C=O) groups is 2. The maximum absolute atomic E-state index is 12.3. The van der Waals surface area contributed by atoms with Crippen molar-refractivity contribution in [3.63, 3.8) is 0 Å². The SMILES string of the molecule is Cc1cc(C(N)=O)c(NC(=O)c2cccc([N+](=O)[O-])c2C)s1. The van der Waals surface area contributed by atoms with Crippen LogP contribution in [0, 0.1) is 24.0 Å². The Kier molecular flexibility index (Phi) is 4.22. The van der Waals surface area contributed by atoms with E-state index < -0.39 is 16.7 Å². The Hall–Kier alpha value is -2.74. The number of amides is 2. The summed E-state index contributed by atoms with van der Waals surface area (Å²) in [6, 6.07) is 5.84. The van der Waals surface area contributed by atoms with Gasteiger partial charge in [-0.15, -0.1) is 11.3 Å². The van der Waals surface area contributed by atoms with Gasteiger partial charge in [-0.25, -0.2) is 0 Å². The highest BCUT2D eigenvalue weighted by molar-refractivity contribution is 7.16. The molecule has 8 heteroatoms. The number of nitrogens with zero attached hydrogens (tertiary/aromatic N) is 1. The van der Waals surface area contributed by atoms with E-state index >= 15 is 0 Å². The van der Waals surface area contributed by atoms with Crippen molar-refractivity contribution in [1.29, 1.82) is 0 Å². The van der Waals surface area contributed by atoms with Gasteiger partial charge in [-0.2, -0.15) is 0 Å². The molecule has 2 aromatic rings. The van der Waals surface area contributed by atoms with Crippen LogP contribution in [0.5, 0.6) is 0 Å². The number of nitro benzene ring substituents is 1. The van der Waals surface area contributed by atoms with Crippen molar-refractivity contribution >= 4 is 33.8 Å². The average molecular weight is 319 g/mol. The minimum absolute atomic E-state index is 0.134. The zero-order valence-electron chi connectivity index (χ0n) is 11.9. The number of nitrogens with two attached hydrogens (primary N) is 1. The molecular weight excluding hydrogens is 306 g/mol. The van der Waals surface area contributed by atoms with Crippen LogP contribution < -0.4 is 11.1 Å². The number of hydrogen-bond acceptors (Lipinski definition) is 5. The number of aryl methyl sites for hydroxylation is 1. The van der Waals surface area contributed by atoms with Crippen LogP contribution in [-0.4, -0.2) is 16.7 Å². The Morgan fingerprint density at radius 2 is 1.95 bits per heavy atom. The molecule has 1 heterocycles. The Bertz CT molecular complexity index is 782. The fourth-order valence-electron chi connectivity index (χ4n) is 2.03. The normalized spacial score (nSPS) is 10.3. The summed E-state index contributed by atoms with van der Waals surface area (Å²) in [5.41, 5.74) is 5.79. The fraction of sp³-hybridized carbons (Fsp3) is 0.143. The van der Waals surface area contributed by atoms with E-state index in [1.807, 2.05) is 0 Å². The molecule has 0 aliphatic carbocycles. The lowest BCUT2D eigenvalue weighted by molar-refractivity contribution is -0.385. The molecule has 1 aromatic heterocycles. The number of hydrogen-bond donors (Lipinski definition) is 2. The molecule has 2 amide bonds. The third kappa shape index (κ3) is 2.96. The smallest absolute Gasteiger partial charge is 0.273 e. The fourth-order valence-corrected chi connectivity index (χ4v) is 2.94. The molecule has 1 aromatic carbocycles. The second-order valence-electron chi connectivity index (χ2n) is 4.63. The second kappa shape index (κ2) is 5.94. The van der Waals surface area contributed by atoms with E-state index in [-0.39, 0.29) is 22.4 Å². The molecule has 0 saturated carbocycles. The molecular formula is C14H13N3O4S. The second-order valence-corrected chi connectivity index (χ2v) is 5.88. The van der Waals surface area contributed by atoms with Gasteiger partial charge >= 0.3 is 0 Å². The van der Waals surface area contributed by atoms with Crippen LogP contribution in [-0.2, 0) is 0 Å². The number of carbonyl (C=O) groups excluding carboxylic acids is 2. The van der Waals surface area contributed by atoms with Crippen LogP contribution in [0.25, 0.3) is 0 Å². The minimum Gasteiger partial charge on any atom is -0.366 e. The number of thiophene rings is 1. The van der Waals surface area contributed by atoms with Gasteiger partial charge in [-0.05, 0) is 26.0 Å². The summed E-state index contributed by atoms with van der Waals surface area (Å²) in [6.45, 7) is 3.28. The minimum atomic E-state index is -0.643. The molecule has 0 spiro atoms. The molecule has 7 nitrogen and oxygen atoms in total. The summed E-state index contributed by atoms with van der Waals surface area (Å²) in [5, 5.41) is 13.8. The van der Waals surface area contributed by atoms with E-state index in [1.54, 1.807) is 13.0 Å². The Labute approximate surface area is 129 Å². The van der Waals surface area contributed by atoms with E-state index in [2.05, 4.69) is 5.32 Å². The number of rotatable bonds is 4. The van der Waals surface area contributed by atoms with Gasteiger partial charge in [0.15, 0.2) is 0 Å². The van der Waals surface area contributed by atoms with Gasteiger partial charge in [-0.1, -0.05) is 6.07 Å². The van der Waals surface area contributed by atoms with Crippen molar-refractivity contribution in [3.05, 3.63) is 55.9 Å². The third-order valence-electron chi connectivity index (χ3n) is 3.09. The van der Waals surface area contributed by atoms with E-state index in [0.29, 0.717) is 5.00 Å². The molecule has 0 aliphatic rings. The predicted octanol–water partition coefficient (Wildman–Crippen LogP) is 2.62. The Morgan fingerprint density at radius 1 is 1.27 bits per heavy atom. The summed E-state index contributed by atoms with van der Waals surface area (Å²) in [7, 11) is 0. The van der Waals surface area contributed by atoms with Crippen molar-refractivity contribution in [2.75, 3.05) is 5.32 Å². The van der Waals surface area contributed by atoms with Crippen molar-refractivity contribution in [1.82, 2.24) is 0 Å². The molecule has 0 aliphatic heterocycles. The Balaban J connectivity index is 2.37. The van der Waals surface area contributed by atoms with Crippen LogP contribution in [0.15, 0.2) is 24.3 Å². The van der Waals surface area contributed by atoms with E-state index in [0.717, 1.165) is 4.88 Å². The largest absolute Gasteiger partial charge is 0.366 e. The van der Waals surface area contributed by atoms with Crippen molar-refractivity contribution in [2.24, 2.45) is 5.73 Å². The summed E-state index contributed by atoms with van der Waals surface area (Å²) in [5.74, 6) is -1.17. The van der Waals surface area contributed by atoms with Gasteiger partial charge < -0.3 is 11.1 Å². The molecule has 3 N–H and O–H groups in total. The summed E-state index contributed by atoms with van der Waals surface area (Å²) >= 11 is 1.22. The molecule has 114 valence electrons. The number of benzene rings is 1. The quantitative estimate of drug-likeness (QED) is 0.665. The van der Waals surface area contributed by atoms with Crippen LogP contribution in [0.3, 0.4) is 0 Å². The molecule has 0 fully saturated rings. The van der Waals surface area contributed by atoms with Crippen LogP contribution >= 0.6 is 11.3 Å². The van der Waals surface area contributed by atoms with Crippen LogP contribution in [0.2, 0.25) is 0 Å². The first-order valence-electron chi connectivity index (χ1n) is 6.27. The standard InChI is InChI=1S/C14H13N3O4S/c1-7-6-10(12(15)18)14(22-7)16-13(19)9-4-3-5-11(8(9)2)17(20)21/h3-6H,1-2H3,(H2,15,18)(H,16,19). The maximum Gasteiger partial charge on any atom is 0.273 e. The monoisotopic (exact) mass is 319 g/mol. The first kappa shape index (κ1) is 15.6. The Morgan fingerprint density at radius 3 is 2.55 bits per heavy atom. The summed E-state index contributed by atoms with van der Waals surface area (Å²) in [4.78, 5) is 34.9. The van der Waals surface area contributed by atoms with Crippen LogP contribution in [0.1, 0.15) is 31.2 Å². The maximum atomic E-state index is 12.3. The lowest BCUT2D eigenvalue weighted by Crippen LogP contribution is -2.17. The van der Waals surface area contributed by atoms with Gasteiger partial charge in [0.05, 0.1) is 10.5 Å². The van der Waals surface area contributed by atoms with Gasteiger partial charge in [-0.3, -0.25) is 19.7 Å². The topological polar surface area (TPSA) is 115 Å². The first-order valence-corrected chi connectivity index (χ1v) is 7.08. The predicted molar refractivity (Wildman–Crippen MR) is 83.4 cm³/mol. The first-order chi connectivity index (χ1) is 10.3. The lowest BCUT2D eigenvalue weighted by Gasteiger charge is -2.07. The van der Waals surface area contributed by atoms with Crippen molar-refractivity contribution in [2.45, 2.75) is 13.8 Å². The highest BCUT2D eigenvalue weighted by Gasteiger charge is 2.20. The van der Waals surface area contributed by atoms with Crippen molar-refractivity contribution < 1.29 is 14.5 Å². The van der Waals surface area contributed by atoms with Gasteiger partial charge in [0.1, 0.15) is 5.00 Å². The number of primary amides is 1. The molecule has 0 radical (unpaired) electrons. The molecule has 0 atom stereocenters. The van der Waals surface area contributed by atoms with Gasteiger partial charge in [0.25, 0.3) is 17.5 Å². The highest BCUT2D eigenvalue weighted by atomic mass is 32.1. The van der Waals surface area contributed by atoms with Gasteiger partial charge in [0, 0.05) is 22.1 Å². The summed E-state index contributed by atoms with van der Waals surface area (Å²) in [6.07, 6.45) is 0. The molecule has 2 rings (SSSR count). The number of anilines is 1. The molecule has 22 heavy (non-hydrogen) atoms. The molecule has 0 saturated heterocycles. The third-order valence-corrected chi connectivity index (χ3v) is 4.06. The lowest BCUT2D eigenvalue weighted by atomic mass is 10.1. The van der Waals surface area contributed by atoms with Crippen molar-refractivity contribution in [3.8, 4) is 0 Å². The molecule has 0 unspecified atom stereocenters. The van der Waals surface area contributed by atoms with E-state index in [1.165, 1.54) is 36.5 Å². The van der Waals surface area contributed by atoms with Crippen LogP contribution in [0.4, 0.5) is 10.7 Å². The van der Waals surface area contributed by atoms with E-state index in [9.17, 15) is 19.7 Å². The van der Waals surface area contributed by atoms with E-state index in [4.69, 9.17) is 5.73 Å². The highest BCUT2D eigenvalue weighted by Crippen LogP contribution is 2.29. The zero-order chi connectivity index (χ0) is 16.4. The number of nitrogens with one attached hydrogen (secondary N) is 1. The average Bonchev–Trinajstić information content (AvgIpc) is 2.79.